The highest BCUT2D eigenvalue weighted by molar-refractivity contribution is 7.87. The molecule has 0 spiro atoms. The zero-order valence-corrected chi connectivity index (χ0v) is 19.2. The summed E-state index contributed by atoms with van der Waals surface area (Å²) in [6.45, 7) is 5.43. The third kappa shape index (κ3) is 4.54. The zero-order chi connectivity index (χ0) is 22.1. The van der Waals surface area contributed by atoms with Gasteiger partial charge in [-0.3, -0.25) is 9.80 Å². The molecule has 0 N–H and O–H groups in total. The predicted octanol–water partition coefficient (Wildman–Crippen LogP) is 3.11. The Balaban J connectivity index is 1.34. The molecule has 0 bridgehead atoms. The van der Waals surface area contributed by atoms with Crippen LogP contribution in [-0.4, -0.2) is 59.9 Å². The number of benzene rings is 2. The fourth-order valence-electron chi connectivity index (χ4n) is 4.28. The number of para-hydroxylation sites is 1. The Kier molecular flexibility index (Phi) is 5.94. The van der Waals surface area contributed by atoms with Crippen molar-refractivity contribution < 1.29 is 12.6 Å². The highest BCUT2D eigenvalue weighted by Crippen LogP contribution is 2.34. The molecule has 9 heteroatoms. The molecule has 0 amide bonds. The molecule has 2 aliphatic rings. The number of halogens is 1. The quantitative estimate of drug-likeness (QED) is 0.531. The van der Waals surface area contributed by atoms with E-state index in [0.717, 1.165) is 44.0 Å². The Labute approximate surface area is 193 Å². The zero-order valence-electron chi connectivity index (χ0n) is 17.7. The summed E-state index contributed by atoms with van der Waals surface area (Å²) in [4.78, 5) is 4.82. The first-order valence-corrected chi connectivity index (χ1v) is 12.7. The van der Waals surface area contributed by atoms with Crippen molar-refractivity contribution in [2.45, 2.75) is 19.5 Å². The Morgan fingerprint density at radius 2 is 1.56 bits per heavy atom. The van der Waals surface area contributed by atoms with Gasteiger partial charge in [0.1, 0.15) is 0 Å². The molecule has 5 rings (SSSR count). The molecule has 32 heavy (non-hydrogen) atoms. The van der Waals surface area contributed by atoms with E-state index in [0.29, 0.717) is 23.7 Å². The molecular weight excluding hydrogens is 448 g/mol. The van der Waals surface area contributed by atoms with E-state index in [1.807, 2.05) is 24.3 Å². The van der Waals surface area contributed by atoms with Gasteiger partial charge in [-0.2, -0.15) is 18.2 Å². The van der Waals surface area contributed by atoms with Gasteiger partial charge in [-0.05, 0) is 24.1 Å². The first kappa shape index (κ1) is 21.5. The lowest BCUT2D eigenvalue weighted by molar-refractivity contribution is 0.120. The van der Waals surface area contributed by atoms with Gasteiger partial charge in [-0.15, -0.1) is 0 Å². The van der Waals surface area contributed by atoms with E-state index in [2.05, 4.69) is 34.1 Å². The average molecular weight is 473 g/mol. The van der Waals surface area contributed by atoms with Gasteiger partial charge in [0, 0.05) is 44.8 Å². The summed E-state index contributed by atoms with van der Waals surface area (Å²) in [6, 6.07) is 17.8. The molecule has 3 aromatic rings. The van der Waals surface area contributed by atoms with E-state index < -0.39 is 10.1 Å². The number of rotatable bonds is 5. The van der Waals surface area contributed by atoms with Crippen molar-refractivity contribution >= 4 is 21.7 Å². The first-order chi connectivity index (χ1) is 15.5. The highest BCUT2D eigenvalue weighted by atomic mass is 35.5. The van der Waals surface area contributed by atoms with Crippen molar-refractivity contribution in [3.8, 4) is 11.6 Å². The van der Waals surface area contributed by atoms with E-state index in [1.165, 1.54) is 10.2 Å². The van der Waals surface area contributed by atoms with Gasteiger partial charge in [-0.1, -0.05) is 54.1 Å². The molecule has 0 aliphatic carbocycles. The third-order valence-corrected chi connectivity index (χ3v) is 7.43. The maximum absolute atomic E-state index is 12.2. The van der Waals surface area contributed by atoms with E-state index in [1.54, 1.807) is 6.07 Å². The maximum atomic E-state index is 12.2. The van der Waals surface area contributed by atoms with Crippen LogP contribution in [0.3, 0.4) is 0 Å². The van der Waals surface area contributed by atoms with Crippen molar-refractivity contribution in [3.63, 3.8) is 0 Å². The van der Waals surface area contributed by atoms with E-state index in [4.69, 9.17) is 20.9 Å². The summed E-state index contributed by atoms with van der Waals surface area (Å²) in [5.74, 6) is 0.230. The Morgan fingerprint density at radius 3 is 2.28 bits per heavy atom. The van der Waals surface area contributed by atoms with Crippen LogP contribution in [0.4, 0.5) is 0 Å². The molecular formula is C23H25ClN4O3S. The minimum Gasteiger partial charge on any atom is -0.361 e. The van der Waals surface area contributed by atoms with E-state index >= 15 is 0 Å². The summed E-state index contributed by atoms with van der Waals surface area (Å²) >= 11 is 6.37. The number of piperazine rings is 1. The largest absolute Gasteiger partial charge is 0.361 e. The summed E-state index contributed by atoms with van der Waals surface area (Å²) in [5, 5.41) is 5.25. The van der Waals surface area contributed by atoms with Gasteiger partial charge in [0.2, 0.25) is 5.88 Å². The minimum absolute atomic E-state index is 0.0356. The predicted molar refractivity (Wildman–Crippen MR) is 124 cm³/mol. The van der Waals surface area contributed by atoms with Gasteiger partial charge in [0.25, 0.3) is 0 Å². The van der Waals surface area contributed by atoms with Crippen LogP contribution < -0.4 is 4.18 Å². The van der Waals surface area contributed by atoms with E-state index in [-0.39, 0.29) is 11.6 Å². The Bertz CT molecular complexity index is 1210. The SMILES string of the molecule is O=S1(=O)CCc2c(CN3CCN(Cc4ccccc4)CC3)nn(-c3ccccc3Cl)c2O1. The molecule has 0 unspecified atom stereocenters. The van der Waals surface area contributed by atoms with Gasteiger partial charge in [0.05, 0.1) is 22.2 Å². The lowest BCUT2D eigenvalue weighted by atomic mass is 10.1. The average Bonchev–Trinajstić information content (AvgIpc) is 3.12. The molecule has 1 aromatic heterocycles. The van der Waals surface area contributed by atoms with Gasteiger partial charge in [-0.25, -0.2) is 0 Å². The van der Waals surface area contributed by atoms with Crippen molar-refractivity contribution in [1.29, 1.82) is 0 Å². The molecule has 1 fully saturated rings. The van der Waals surface area contributed by atoms with Gasteiger partial charge >= 0.3 is 10.1 Å². The summed E-state index contributed by atoms with van der Waals surface area (Å²) in [5.41, 5.74) is 3.64. The molecule has 2 aromatic carbocycles. The molecule has 2 aliphatic heterocycles. The van der Waals surface area contributed by atoms with Crippen molar-refractivity contribution in [3.05, 3.63) is 76.4 Å². The van der Waals surface area contributed by atoms with Crippen molar-refractivity contribution in [2.24, 2.45) is 0 Å². The van der Waals surface area contributed by atoms with Crippen molar-refractivity contribution in [2.75, 3.05) is 31.9 Å². The molecule has 7 nitrogen and oxygen atoms in total. The second-order valence-electron chi connectivity index (χ2n) is 8.23. The second kappa shape index (κ2) is 8.86. The monoisotopic (exact) mass is 472 g/mol. The number of hydrogen-bond donors (Lipinski definition) is 0. The third-order valence-electron chi connectivity index (χ3n) is 6.00. The smallest absolute Gasteiger partial charge is 0.311 e. The number of hydrogen-bond acceptors (Lipinski definition) is 6. The van der Waals surface area contributed by atoms with Crippen LogP contribution >= 0.6 is 11.6 Å². The molecule has 0 radical (unpaired) electrons. The van der Waals surface area contributed by atoms with Crippen LogP contribution in [0.15, 0.2) is 54.6 Å². The Hall–Kier alpha value is -2.39. The molecule has 168 valence electrons. The maximum Gasteiger partial charge on any atom is 0.311 e. The summed E-state index contributed by atoms with van der Waals surface area (Å²) in [6.07, 6.45) is 0.394. The van der Waals surface area contributed by atoms with Gasteiger partial charge < -0.3 is 4.18 Å². The normalized spacial score (nSPS) is 18.8. The van der Waals surface area contributed by atoms with Crippen LogP contribution in [0.25, 0.3) is 5.69 Å². The molecule has 1 saturated heterocycles. The van der Waals surface area contributed by atoms with Gasteiger partial charge in [0.15, 0.2) is 0 Å². The van der Waals surface area contributed by atoms with Crippen LogP contribution in [0.2, 0.25) is 5.02 Å². The minimum atomic E-state index is -3.62. The van der Waals surface area contributed by atoms with Crippen LogP contribution in [0.5, 0.6) is 5.88 Å². The summed E-state index contributed by atoms with van der Waals surface area (Å²) in [7, 11) is -3.62. The second-order valence-corrected chi connectivity index (χ2v) is 10.3. The fourth-order valence-corrected chi connectivity index (χ4v) is 5.44. The topological polar surface area (TPSA) is 67.7 Å². The lowest BCUT2D eigenvalue weighted by Gasteiger charge is -2.34. The molecule has 3 heterocycles. The van der Waals surface area contributed by atoms with Crippen LogP contribution in [-0.2, 0) is 29.6 Å². The highest BCUT2D eigenvalue weighted by Gasteiger charge is 2.32. The number of aromatic nitrogens is 2. The standard InChI is InChI=1S/C23H25ClN4O3S/c24-20-8-4-5-9-22(20)28-23-19(10-15-32(29,30)31-23)21(25-28)17-27-13-11-26(12-14-27)16-18-6-2-1-3-7-18/h1-9H,10-17H2. The van der Waals surface area contributed by atoms with Crippen LogP contribution in [0.1, 0.15) is 16.8 Å². The fraction of sp³-hybridized carbons (Fsp3) is 0.348. The molecule has 0 atom stereocenters. The Morgan fingerprint density at radius 1 is 0.906 bits per heavy atom. The van der Waals surface area contributed by atoms with E-state index in [9.17, 15) is 8.42 Å². The summed E-state index contributed by atoms with van der Waals surface area (Å²) < 4.78 is 31.2. The molecule has 0 saturated carbocycles. The van der Waals surface area contributed by atoms with Crippen LogP contribution in [0, 0.1) is 0 Å². The van der Waals surface area contributed by atoms with Crippen molar-refractivity contribution in [1.82, 2.24) is 19.6 Å². The number of nitrogens with zero attached hydrogens (tertiary/aromatic N) is 4. The lowest BCUT2D eigenvalue weighted by Crippen LogP contribution is -2.45. The number of fused-ring (bicyclic) bond motifs is 1. The first-order valence-electron chi connectivity index (χ1n) is 10.7.